The van der Waals surface area contributed by atoms with Crippen LogP contribution < -0.4 is 10.6 Å². The quantitative estimate of drug-likeness (QED) is 0.856. The van der Waals surface area contributed by atoms with Crippen LogP contribution in [-0.2, 0) is 4.74 Å². The molecule has 24 heavy (non-hydrogen) atoms. The van der Waals surface area contributed by atoms with E-state index in [1.807, 2.05) is 44.0 Å². The lowest BCUT2D eigenvalue weighted by atomic mass is 9.78. The first-order valence-electron chi connectivity index (χ1n) is 8.71. The number of likely N-dealkylation sites (tertiary alicyclic amines) is 1. The van der Waals surface area contributed by atoms with Crippen LogP contribution >= 0.6 is 0 Å². The molecule has 0 radical (unpaired) electrons. The van der Waals surface area contributed by atoms with Crippen molar-refractivity contribution in [3.63, 3.8) is 0 Å². The molecule has 3 rings (SSSR count). The fourth-order valence-corrected chi connectivity index (χ4v) is 3.64. The van der Waals surface area contributed by atoms with E-state index in [4.69, 9.17) is 10.5 Å². The van der Waals surface area contributed by atoms with Gasteiger partial charge in [0.1, 0.15) is 11.4 Å². The first-order valence-corrected chi connectivity index (χ1v) is 8.71. The molecule has 6 heteroatoms. The molecule has 0 aliphatic carbocycles. The maximum absolute atomic E-state index is 12.2. The van der Waals surface area contributed by atoms with Gasteiger partial charge in [-0.3, -0.25) is 0 Å². The number of pyridine rings is 1. The second kappa shape index (κ2) is 6.15. The van der Waals surface area contributed by atoms with Gasteiger partial charge in [-0.25, -0.2) is 9.78 Å². The van der Waals surface area contributed by atoms with Gasteiger partial charge in [-0.1, -0.05) is 0 Å². The molecule has 132 valence electrons. The number of amides is 1. The highest BCUT2D eigenvalue weighted by molar-refractivity contribution is 5.68. The van der Waals surface area contributed by atoms with E-state index in [1.165, 1.54) is 6.42 Å². The van der Waals surface area contributed by atoms with Crippen LogP contribution in [0.15, 0.2) is 18.3 Å². The molecule has 2 fully saturated rings. The molecule has 0 saturated carbocycles. The van der Waals surface area contributed by atoms with Crippen molar-refractivity contribution in [3.05, 3.63) is 18.3 Å². The van der Waals surface area contributed by atoms with Crippen LogP contribution in [0.25, 0.3) is 0 Å². The van der Waals surface area contributed by atoms with Gasteiger partial charge in [0.25, 0.3) is 0 Å². The monoisotopic (exact) mass is 332 g/mol. The summed E-state index contributed by atoms with van der Waals surface area (Å²) in [6, 6.07) is 3.89. The maximum Gasteiger partial charge on any atom is 0.410 e. The normalized spacial score (nSPS) is 20.5. The zero-order valence-corrected chi connectivity index (χ0v) is 14.9. The van der Waals surface area contributed by atoms with E-state index >= 15 is 0 Å². The molecule has 2 saturated heterocycles. The fraction of sp³-hybridized carbons (Fsp3) is 0.667. The average Bonchev–Trinajstić information content (AvgIpc) is 2.91. The third-order valence-electron chi connectivity index (χ3n) is 5.05. The summed E-state index contributed by atoms with van der Waals surface area (Å²) in [5, 5.41) is 0. The third kappa shape index (κ3) is 3.74. The molecule has 2 aliphatic heterocycles. The summed E-state index contributed by atoms with van der Waals surface area (Å²) < 4.78 is 5.49. The average molecular weight is 332 g/mol. The van der Waals surface area contributed by atoms with Gasteiger partial charge in [-0.15, -0.1) is 0 Å². The number of nitrogen functional groups attached to an aromatic ring is 1. The molecule has 1 aromatic rings. The molecule has 1 aromatic heterocycles. The van der Waals surface area contributed by atoms with Gasteiger partial charge in [0.05, 0.1) is 11.9 Å². The number of nitrogens with two attached hydrogens (primary N) is 1. The molecule has 1 spiro atoms. The molecule has 0 bridgehead atoms. The number of carbonyl (C=O) groups is 1. The van der Waals surface area contributed by atoms with E-state index in [2.05, 4.69) is 9.88 Å². The predicted octanol–water partition coefficient (Wildman–Crippen LogP) is 2.89. The Bertz CT molecular complexity index is 586. The second-order valence-electron chi connectivity index (χ2n) is 8.08. The Hall–Kier alpha value is -1.98. The van der Waals surface area contributed by atoms with Crippen molar-refractivity contribution in [1.29, 1.82) is 0 Å². The molecule has 3 heterocycles. The van der Waals surface area contributed by atoms with Crippen LogP contribution in [0, 0.1) is 5.41 Å². The van der Waals surface area contributed by atoms with Gasteiger partial charge in [0.2, 0.25) is 0 Å². The fourth-order valence-electron chi connectivity index (χ4n) is 3.64. The van der Waals surface area contributed by atoms with Crippen molar-refractivity contribution in [2.75, 3.05) is 36.8 Å². The van der Waals surface area contributed by atoms with Crippen LogP contribution in [0.5, 0.6) is 0 Å². The number of rotatable bonds is 1. The topological polar surface area (TPSA) is 71.7 Å². The Morgan fingerprint density at radius 3 is 2.46 bits per heavy atom. The zero-order valence-electron chi connectivity index (χ0n) is 14.9. The Morgan fingerprint density at radius 2 is 1.88 bits per heavy atom. The first kappa shape index (κ1) is 16.9. The number of ether oxygens (including phenoxy) is 1. The lowest BCUT2D eigenvalue weighted by Crippen LogP contribution is -2.46. The minimum Gasteiger partial charge on any atom is -0.444 e. The van der Waals surface area contributed by atoms with Crippen molar-refractivity contribution in [2.45, 2.75) is 45.6 Å². The van der Waals surface area contributed by atoms with Gasteiger partial charge < -0.3 is 20.3 Å². The van der Waals surface area contributed by atoms with Crippen LogP contribution in [0.1, 0.15) is 40.0 Å². The highest BCUT2D eigenvalue weighted by atomic mass is 16.6. The molecule has 0 aromatic carbocycles. The molecule has 0 atom stereocenters. The smallest absolute Gasteiger partial charge is 0.410 e. The van der Waals surface area contributed by atoms with E-state index in [-0.39, 0.29) is 6.09 Å². The van der Waals surface area contributed by atoms with Gasteiger partial charge in [-0.2, -0.15) is 0 Å². The van der Waals surface area contributed by atoms with Crippen LogP contribution in [-0.4, -0.2) is 47.8 Å². The second-order valence-corrected chi connectivity index (χ2v) is 8.08. The highest BCUT2D eigenvalue weighted by Gasteiger charge is 2.42. The van der Waals surface area contributed by atoms with Crippen molar-refractivity contribution in [2.24, 2.45) is 5.41 Å². The van der Waals surface area contributed by atoms with Crippen LogP contribution in [0.2, 0.25) is 0 Å². The molecule has 1 amide bonds. The lowest BCUT2D eigenvalue weighted by Gasteiger charge is -2.39. The maximum atomic E-state index is 12.2. The summed E-state index contributed by atoms with van der Waals surface area (Å²) in [5.74, 6) is 0.554. The van der Waals surface area contributed by atoms with Crippen molar-refractivity contribution in [1.82, 2.24) is 9.88 Å². The van der Waals surface area contributed by atoms with Crippen molar-refractivity contribution < 1.29 is 9.53 Å². The van der Waals surface area contributed by atoms with Crippen molar-refractivity contribution in [3.8, 4) is 0 Å². The molecule has 0 unspecified atom stereocenters. The van der Waals surface area contributed by atoms with Gasteiger partial charge in [-0.05, 0) is 57.6 Å². The van der Waals surface area contributed by atoms with E-state index in [9.17, 15) is 4.79 Å². The predicted molar refractivity (Wildman–Crippen MR) is 95.0 cm³/mol. The summed E-state index contributed by atoms with van der Waals surface area (Å²) >= 11 is 0. The number of hydrogen-bond donors (Lipinski definition) is 1. The van der Waals surface area contributed by atoms with Gasteiger partial charge >= 0.3 is 6.09 Å². The Morgan fingerprint density at radius 1 is 1.21 bits per heavy atom. The van der Waals surface area contributed by atoms with E-state index in [0.29, 0.717) is 11.2 Å². The minimum atomic E-state index is -0.432. The summed E-state index contributed by atoms with van der Waals surface area (Å²) in [6.07, 6.45) is 4.90. The number of nitrogens with zero attached hydrogens (tertiary/aromatic N) is 3. The number of piperidine rings is 1. The Labute approximate surface area is 144 Å². The number of carbonyl (C=O) groups excluding carboxylic acids is 1. The SMILES string of the molecule is CC(C)(C)OC(=O)N1CCC2(CC1)CCN(c1ccc(N)nc1)C2. The van der Waals surface area contributed by atoms with Gasteiger partial charge in [0.15, 0.2) is 0 Å². The molecule has 2 aliphatic rings. The summed E-state index contributed by atoms with van der Waals surface area (Å²) in [7, 11) is 0. The number of aromatic nitrogens is 1. The first-order chi connectivity index (χ1) is 11.3. The van der Waals surface area contributed by atoms with Crippen molar-refractivity contribution >= 4 is 17.6 Å². The van der Waals surface area contributed by atoms with Gasteiger partial charge in [0, 0.05) is 26.2 Å². The summed E-state index contributed by atoms with van der Waals surface area (Å²) in [4.78, 5) is 20.6. The van der Waals surface area contributed by atoms with E-state index < -0.39 is 5.60 Å². The zero-order chi connectivity index (χ0) is 17.4. The highest BCUT2D eigenvalue weighted by Crippen LogP contribution is 2.42. The molecular weight excluding hydrogens is 304 g/mol. The van der Waals surface area contributed by atoms with E-state index in [0.717, 1.165) is 44.7 Å². The van der Waals surface area contributed by atoms with E-state index in [1.54, 1.807) is 0 Å². The molecular formula is C18H28N4O2. The number of hydrogen-bond acceptors (Lipinski definition) is 5. The largest absolute Gasteiger partial charge is 0.444 e. The molecule has 2 N–H and O–H groups in total. The van der Waals surface area contributed by atoms with Crippen LogP contribution in [0.3, 0.4) is 0 Å². The lowest BCUT2D eigenvalue weighted by molar-refractivity contribution is 0.0122. The standard InChI is InChI=1S/C18H28N4O2/c1-17(2,3)24-16(23)21-9-6-18(7-10-21)8-11-22(13-18)14-4-5-15(19)20-12-14/h4-5,12H,6-11,13H2,1-3H3,(H2,19,20). The summed E-state index contributed by atoms with van der Waals surface area (Å²) in [5.41, 5.74) is 6.68. The Kier molecular flexibility index (Phi) is 4.32. The minimum absolute atomic E-state index is 0.185. The van der Waals surface area contributed by atoms with Crippen LogP contribution in [0.4, 0.5) is 16.3 Å². The third-order valence-corrected chi connectivity index (χ3v) is 5.05. The number of anilines is 2. The molecule has 6 nitrogen and oxygen atoms in total. The Balaban J connectivity index is 1.56. The summed E-state index contributed by atoms with van der Waals surface area (Å²) in [6.45, 7) is 9.35.